The Morgan fingerprint density at radius 2 is 1.94 bits per heavy atom. The third-order valence-electron chi connectivity index (χ3n) is 8.01. The first-order chi connectivity index (χ1) is 17.3. The van der Waals surface area contributed by atoms with Gasteiger partial charge in [0.05, 0.1) is 18.2 Å². The number of nitrogens with one attached hydrogen (secondary N) is 2. The van der Waals surface area contributed by atoms with E-state index in [9.17, 15) is 13.6 Å². The lowest BCUT2D eigenvalue weighted by molar-refractivity contribution is -0.124. The van der Waals surface area contributed by atoms with Crippen LogP contribution in [0.2, 0.25) is 0 Å². The van der Waals surface area contributed by atoms with Crippen LogP contribution in [0.5, 0.6) is 0 Å². The summed E-state index contributed by atoms with van der Waals surface area (Å²) in [5.41, 5.74) is 2.78. The van der Waals surface area contributed by atoms with E-state index in [1.807, 2.05) is 13.0 Å². The Kier molecular flexibility index (Phi) is 7.21. The molecule has 4 aliphatic rings. The molecule has 1 atom stereocenters. The molecule has 6 rings (SSSR count). The Balaban J connectivity index is 1.39. The summed E-state index contributed by atoms with van der Waals surface area (Å²) in [5, 5.41) is 6.71. The summed E-state index contributed by atoms with van der Waals surface area (Å²) in [6.45, 7) is 7.63. The molecule has 5 heterocycles. The number of carbonyl (C=O) groups is 1. The maximum atomic E-state index is 13.4. The molecule has 2 bridgehead atoms. The summed E-state index contributed by atoms with van der Waals surface area (Å²) < 4.78 is 32.8. The number of anilines is 1. The van der Waals surface area contributed by atoms with Gasteiger partial charge in [-0.15, -0.1) is 0 Å². The number of benzene rings is 1. The van der Waals surface area contributed by atoms with Gasteiger partial charge in [-0.2, -0.15) is 0 Å². The number of piperidine rings is 3. The molecular formula is C27H35F2N5O2. The van der Waals surface area contributed by atoms with Crippen molar-refractivity contribution in [1.82, 2.24) is 20.2 Å². The van der Waals surface area contributed by atoms with Gasteiger partial charge in [0, 0.05) is 49.5 Å². The molecule has 0 radical (unpaired) electrons. The van der Waals surface area contributed by atoms with Gasteiger partial charge >= 0.3 is 0 Å². The van der Waals surface area contributed by atoms with Crippen LogP contribution in [0.3, 0.4) is 0 Å². The van der Waals surface area contributed by atoms with Crippen molar-refractivity contribution in [3.05, 3.63) is 52.0 Å². The fraction of sp³-hybridized carbons (Fsp3) is 0.593. The number of aromatic nitrogens is 2. The summed E-state index contributed by atoms with van der Waals surface area (Å²) in [6.07, 6.45) is 2.18. The minimum atomic E-state index is -2.52. The zero-order valence-electron chi connectivity index (χ0n) is 21.1. The number of alkyl halides is 2. The van der Waals surface area contributed by atoms with Crippen molar-refractivity contribution in [1.29, 1.82) is 0 Å². The SMILES string of the molecule is Cc1nc(CC(=O)NC23CCN(CC2)CC3)c(C2CCCO2)c(NCc2cccc(C(F)F)c2C)n1. The number of hydrogen-bond acceptors (Lipinski definition) is 6. The van der Waals surface area contributed by atoms with Gasteiger partial charge < -0.3 is 20.3 Å². The van der Waals surface area contributed by atoms with Crippen LogP contribution in [0.1, 0.15) is 78.4 Å². The van der Waals surface area contributed by atoms with Gasteiger partial charge in [-0.3, -0.25) is 4.79 Å². The Hall–Kier alpha value is -2.65. The highest BCUT2D eigenvalue weighted by Gasteiger charge is 2.40. The molecule has 1 unspecified atom stereocenters. The van der Waals surface area contributed by atoms with Crippen molar-refractivity contribution >= 4 is 11.7 Å². The van der Waals surface area contributed by atoms with E-state index in [2.05, 4.69) is 25.5 Å². The third kappa shape index (κ3) is 5.22. The lowest BCUT2D eigenvalue weighted by Gasteiger charge is -2.48. The van der Waals surface area contributed by atoms with Crippen molar-refractivity contribution in [2.24, 2.45) is 0 Å². The molecule has 1 aromatic carbocycles. The number of fused-ring (bicyclic) bond motifs is 3. The quantitative estimate of drug-likeness (QED) is 0.561. The van der Waals surface area contributed by atoms with E-state index in [1.165, 1.54) is 6.07 Å². The molecule has 4 aliphatic heterocycles. The second-order valence-electron chi connectivity index (χ2n) is 10.4. The zero-order chi connectivity index (χ0) is 25.3. The molecule has 36 heavy (non-hydrogen) atoms. The standard InChI is InChI=1S/C27H35F2N5O2/c1-17-19(5-3-6-20(17)25(28)29)16-30-26-24(22-7-4-14-36-22)21(31-18(2)32-26)15-23(35)33-27-8-11-34(12-9-27)13-10-27/h3,5-6,22,25H,4,7-16H2,1-2H3,(H,33,35)(H,30,31,32). The van der Waals surface area contributed by atoms with Crippen LogP contribution in [0.25, 0.3) is 0 Å². The van der Waals surface area contributed by atoms with E-state index in [4.69, 9.17) is 4.74 Å². The first kappa shape index (κ1) is 25.0. The number of aryl methyl sites for hydroxylation is 1. The van der Waals surface area contributed by atoms with Crippen molar-refractivity contribution in [2.75, 3.05) is 31.6 Å². The Labute approximate surface area is 211 Å². The highest BCUT2D eigenvalue weighted by Crippen LogP contribution is 2.36. The predicted octanol–water partition coefficient (Wildman–Crippen LogP) is 4.39. The van der Waals surface area contributed by atoms with Gasteiger partial charge in [0.25, 0.3) is 6.43 Å². The number of nitrogens with zero attached hydrogens (tertiary/aromatic N) is 3. The van der Waals surface area contributed by atoms with Crippen molar-refractivity contribution in [2.45, 2.75) is 77.0 Å². The number of amides is 1. The number of halogens is 2. The van der Waals surface area contributed by atoms with Gasteiger partial charge in [-0.05, 0) is 57.1 Å². The lowest BCUT2D eigenvalue weighted by Crippen LogP contribution is -2.61. The maximum absolute atomic E-state index is 13.4. The fourth-order valence-electron chi connectivity index (χ4n) is 5.87. The van der Waals surface area contributed by atoms with Crippen molar-refractivity contribution in [3.8, 4) is 0 Å². The monoisotopic (exact) mass is 499 g/mol. The highest BCUT2D eigenvalue weighted by atomic mass is 19.3. The van der Waals surface area contributed by atoms with Gasteiger partial charge in [0.2, 0.25) is 5.91 Å². The second kappa shape index (κ2) is 10.4. The molecule has 0 saturated carbocycles. The number of ether oxygens (including phenoxy) is 1. The lowest BCUT2D eigenvalue weighted by atomic mass is 9.80. The average molecular weight is 500 g/mol. The van der Waals surface area contributed by atoms with Crippen LogP contribution in [-0.2, 0) is 22.5 Å². The minimum Gasteiger partial charge on any atom is -0.373 e. The molecule has 0 spiro atoms. The molecule has 2 aromatic rings. The first-order valence-electron chi connectivity index (χ1n) is 13.0. The van der Waals surface area contributed by atoms with E-state index >= 15 is 0 Å². The third-order valence-corrected chi connectivity index (χ3v) is 8.01. The van der Waals surface area contributed by atoms with Crippen LogP contribution in [0.15, 0.2) is 18.2 Å². The van der Waals surface area contributed by atoms with Crippen molar-refractivity contribution in [3.63, 3.8) is 0 Å². The average Bonchev–Trinajstić information content (AvgIpc) is 3.38. The summed E-state index contributed by atoms with van der Waals surface area (Å²) in [4.78, 5) is 25.0. The first-order valence-corrected chi connectivity index (χ1v) is 13.0. The van der Waals surface area contributed by atoms with E-state index in [-0.39, 0.29) is 29.5 Å². The van der Waals surface area contributed by atoms with Crippen LogP contribution in [0, 0.1) is 13.8 Å². The summed E-state index contributed by atoms with van der Waals surface area (Å²) in [5.74, 6) is 1.15. The number of hydrogen-bond donors (Lipinski definition) is 2. The molecule has 0 aliphatic carbocycles. The van der Waals surface area contributed by atoms with Crippen LogP contribution in [-0.4, -0.2) is 52.6 Å². The van der Waals surface area contributed by atoms with Gasteiger partial charge in [0.15, 0.2) is 0 Å². The van der Waals surface area contributed by atoms with E-state index in [0.29, 0.717) is 36.1 Å². The van der Waals surface area contributed by atoms with E-state index in [1.54, 1.807) is 13.0 Å². The zero-order valence-corrected chi connectivity index (χ0v) is 21.1. The molecule has 194 valence electrons. The van der Waals surface area contributed by atoms with E-state index < -0.39 is 6.43 Å². The Bertz CT molecular complexity index is 1100. The predicted molar refractivity (Wildman–Crippen MR) is 133 cm³/mol. The molecule has 1 amide bonds. The fourth-order valence-corrected chi connectivity index (χ4v) is 5.87. The van der Waals surface area contributed by atoms with Crippen LogP contribution < -0.4 is 10.6 Å². The van der Waals surface area contributed by atoms with Gasteiger partial charge in [0.1, 0.15) is 11.6 Å². The molecule has 4 fully saturated rings. The molecule has 2 N–H and O–H groups in total. The summed E-state index contributed by atoms with van der Waals surface area (Å²) in [6, 6.07) is 4.96. The van der Waals surface area contributed by atoms with Gasteiger partial charge in [-0.25, -0.2) is 18.7 Å². The molecule has 4 saturated heterocycles. The largest absolute Gasteiger partial charge is 0.373 e. The van der Waals surface area contributed by atoms with E-state index in [0.717, 1.165) is 62.9 Å². The maximum Gasteiger partial charge on any atom is 0.264 e. The Morgan fingerprint density at radius 1 is 1.19 bits per heavy atom. The smallest absolute Gasteiger partial charge is 0.264 e. The summed E-state index contributed by atoms with van der Waals surface area (Å²) in [7, 11) is 0. The Morgan fingerprint density at radius 3 is 2.61 bits per heavy atom. The summed E-state index contributed by atoms with van der Waals surface area (Å²) >= 11 is 0. The second-order valence-corrected chi connectivity index (χ2v) is 10.4. The van der Waals surface area contributed by atoms with Crippen LogP contribution in [0.4, 0.5) is 14.6 Å². The highest BCUT2D eigenvalue weighted by molar-refractivity contribution is 5.80. The topological polar surface area (TPSA) is 79.4 Å². The molecule has 1 aromatic heterocycles. The molecular weight excluding hydrogens is 464 g/mol. The van der Waals surface area contributed by atoms with Gasteiger partial charge in [-0.1, -0.05) is 18.2 Å². The van der Waals surface area contributed by atoms with Crippen molar-refractivity contribution < 1.29 is 18.3 Å². The normalized spacial score (nSPS) is 25.4. The minimum absolute atomic E-state index is 0.0193. The molecule has 9 heteroatoms. The number of carbonyl (C=O) groups excluding carboxylic acids is 1. The van der Waals surface area contributed by atoms with Crippen LogP contribution >= 0.6 is 0 Å². The number of rotatable bonds is 8. The molecule has 7 nitrogen and oxygen atoms in total.